The Bertz CT molecular complexity index is 820. The maximum absolute atomic E-state index is 12.0. The van der Waals surface area contributed by atoms with Gasteiger partial charge in [0.05, 0.1) is 18.6 Å². The van der Waals surface area contributed by atoms with Crippen LogP contribution >= 0.6 is 0 Å². The van der Waals surface area contributed by atoms with E-state index in [0.717, 1.165) is 0 Å². The molecule has 0 bridgehead atoms. The third-order valence-corrected chi connectivity index (χ3v) is 3.69. The van der Waals surface area contributed by atoms with E-state index in [1.54, 1.807) is 6.92 Å². The first-order chi connectivity index (χ1) is 10.5. The van der Waals surface area contributed by atoms with Gasteiger partial charge in [0.15, 0.2) is 6.23 Å². The molecule has 9 heteroatoms. The number of fused-ring (bicyclic) bond motifs is 1. The molecule has 22 heavy (non-hydrogen) atoms. The van der Waals surface area contributed by atoms with Gasteiger partial charge in [-0.15, -0.1) is 0 Å². The molecule has 1 saturated heterocycles. The van der Waals surface area contributed by atoms with E-state index >= 15 is 0 Å². The fourth-order valence-electron chi connectivity index (χ4n) is 2.63. The lowest BCUT2D eigenvalue weighted by atomic mass is 10.1. The Labute approximate surface area is 124 Å². The van der Waals surface area contributed by atoms with Crippen molar-refractivity contribution in [2.24, 2.45) is 0 Å². The number of aromatic amines is 1. The molecule has 0 radical (unpaired) electrons. The third kappa shape index (κ3) is 2.01. The Hall–Kier alpha value is -2.25. The average molecular weight is 306 g/mol. The smallest absolute Gasteiger partial charge is 0.249 e. The van der Waals surface area contributed by atoms with Crippen molar-refractivity contribution in [1.29, 1.82) is 0 Å². The van der Waals surface area contributed by atoms with Gasteiger partial charge in [0, 0.05) is 6.20 Å². The fourth-order valence-corrected chi connectivity index (χ4v) is 2.63. The van der Waals surface area contributed by atoms with Crippen molar-refractivity contribution in [2.45, 2.75) is 31.5 Å². The van der Waals surface area contributed by atoms with Crippen LogP contribution in [0.3, 0.4) is 0 Å². The number of aromatic nitrogens is 3. The lowest BCUT2D eigenvalue weighted by Crippen LogP contribution is -2.33. The predicted octanol–water partition coefficient (Wildman–Crippen LogP) is -0.805. The Balaban J connectivity index is 2.20. The monoisotopic (exact) mass is 306 g/mol. The molecule has 0 amide bonds. The summed E-state index contributed by atoms with van der Waals surface area (Å²) in [5.41, 5.74) is -0.206. The van der Waals surface area contributed by atoms with Crippen molar-refractivity contribution >= 4 is 16.7 Å². The molecule has 1 fully saturated rings. The van der Waals surface area contributed by atoms with Gasteiger partial charge in [-0.3, -0.25) is 4.79 Å². The van der Waals surface area contributed by atoms with Gasteiger partial charge >= 0.3 is 0 Å². The molecule has 9 nitrogen and oxygen atoms in total. The standard InChI is InChI=1S/C13H14N4O5/c1-5-15-11-8(12(21)16-5)6(14-2)3-17(11)13-10(20)9(19)7(4-18)22-13/h3,7,9-10,13,18-20H,4H2,1H3,(H,15,16,21)/t7-,9-,10-,13-/m1/s1. The number of aliphatic hydroxyl groups excluding tert-OH is 3. The van der Waals surface area contributed by atoms with Crippen LogP contribution in [0.2, 0.25) is 0 Å². The Morgan fingerprint density at radius 3 is 2.82 bits per heavy atom. The third-order valence-electron chi connectivity index (χ3n) is 3.69. The van der Waals surface area contributed by atoms with Gasteiger partial charge in [-0.1, -0.05) is 0 Å². The summed E-state index contributed by atoms with van der Waals surface area (Å²) < 4.78 is 6.77. The predicted molar refractivity (Wildman–Crippen MR) is 74.4 cm³/mol. The maximum atomic E-state index is 12.0. The van der Waals surface area contributed by atoms with E-state index < -0.39 is 36.7 Å². The van der Waals surface area contributed by atoms with Crippen molar-refractivity contribution in [3.63, 3.8) is 0 Å². The molecule has 0 aromatic carbocycles. The number of aryl methyl sites for hydroxylation is 1. The van der Waals surface area contributed by atoms with Crippen LogP contribution in [-0.4, -0.2) is 54.8 Å². The molecule has 3 heterocycles. The summed E-state index contributed by atoms with van der Waals surface area (Å²) in [7, 11) is 0. The van der Waals surface area contributed by atoms with Gasteiger partial charge in [-0.2, -0.15) is 0 Å². The van der Waals surface area contributed by atoms with E-state index in [1.165, 1.54) is 10.8 Å². The first-order valence-corrected chi connectivity index (χ1v) is 6.59. The van der Waals surface area contributed by atoms with Gasteiger partial charge in [-0.25, -0.2) is 9.83 Å². The van der Waals surface area contributed by atoms with Crippen LogP contribution in [0.1, 0.15) is 12.1 Å². The van der Waals surface area contributed by atoms with Crippen molar-refractivity contribution in [1.82, 2.24) is 14.5 Å². The summed E-state index contributed by atoms with van der Waals surface area (Å²) >= 11 is 0. The molecule has 0 unspecified atom stereocenters. The normalized spacial score (nSPS) is 28.1. The number of hydrogen-bond acceptors (Lipinski definition) is 6. The highest BCUT2D eigenvalue weighted by Crippen LogP contribution is 2.34. The number of hydrogen-bond donors (Lipinski definition) is 4. The fraction of sp³-hybridized carbons (Fsp3) is 0.462. The molecular weight excluding hydrogens is 292 g/mol. The molecule has 0 spiro atoms. The molecule has 4 N–H and O–H groups in total. The Kier molecular flexibility index (Phi) is 3.46. The van der Waals surface area contributed by atoms with Crippen LogP contribution < -0.4 is 5.56 Å². The van der Waals surface area contributed by atoms with Gasteiger partial charge in [0.1, 0.15) is 29.8 Å². The van der Waals surface area contributed by atoms with Crippen LogP contribution in [0.15, 0.2) is 11.0 Å². The summed E-state index contributed by atoms with van der Waals surface area (Å²) in [6.45, 7) is 8.29. The highest BCUT2D eigenvalue weighted by atomic mass is 16.6. The molecule has 1 aliphatic rings. The zero-order valence-corrected chi connectivity index (χ0v) is 11.6. The number of nitrogens with zero attached hydrogens (tertiary/aromatic N) is 3. The second-order valence-electron chi connectivity index (χ2n) is 5.11. The van der Waals surface area contributed by atoms with E-state index in [4.69, 9.17) is 16.4 Å². The van der Waals surface area contributed by atoms with Crippen molar-refractivity contribution in [3.05, 3.63) is 33.8 Å². The number of ether oxygens (including phenoxy) is 1. The molecule has 0 saturated carbocycles. The van der Waals surface area contributed by atoms with E-state index in [0.29, 0.717) is 5.82 Å². The summed E-state index contributed by atoms with van der Waals surface area (Å²) in [6, 6.07) is 0. The molecule has 2 aromatic heterocycles. The first-order valence-electron chi connectivity index (χ1n) is 6.59. The molecule has 4 atom stereocenters. The quantitative estimate of drug-likeness (QED) is 0.538. The maximum Gasteiger partial charge on any atom is 0.249 e. The Morgan fingerprint density at radius 1 is 1.50 bits per heavy atom. The summed E-state index contributed by atoms with van der Waals surface area (Å²) in [5, 5.41) is 29.2. The van der Waals surface area contributed by atoms with Crippen LogP contribution in [0.25, 0.3) is 15.9 Å². The molecule has 1 aliphatic heterocycles. The number of aliphatic hydroxyl groups is 3. The lowest BCUT2D eigenvalue weighted by molar-refractivity contribution is -0.0508. The second-order valence-corrected chi connectivity index (χ2v) is 5.11. The number of nitrogens with one attached hydrogen (secondary N) is 1. The SMILES string of the molecule is [C-]#[N+]c1cn([C@@H]2O[C@H](CO)[C@@H](O)[C@H]2O)c2nc(C)[nH]c(=O)c12. The van der Waals surface area contributed by atoms with E-state index in [-0.39, 0.29) is 16.7 Å². The zero-order valence-electron chi connectivity index (χ0n) is 11.6. The van der Waals surface area contributed by atoms with Crippen molar-refractivity contribution < 1.29 is 20.1 Å². The van der Waals surface area contributed by atoms with E-state index in [9.17, 15) is 15.0 Å². The molecule has 116 valence electrons. The zero-order chi connectivity index (χ0) is 16.0. The molecule has 2 aromatic rings. The van der Waals surface area contributed by atoms with Gasteiger partial charge in [0.2, 0.25) is 11.2 Å². The first kappa shape index (κ1) is 14.7. The minimum absolute atomic E-state index is 0.0708. The topological polar surface area (TPSA) is 125 Å². The van der Waals surface area contributed by atoms with Crippen LogP contribution in [0.5, 0.6) is 0 Å². The number of rotatable bonds is 2. The summed E-state index contributed by atoms with van der Waals surface area (Å²) in [5.74, 6) is 0.347. The summed E-state index contributed by atoms with van der Waals surface area (Å²) in [4.78, 5) is 22.0. The molecule has 0 aliphatic carbocycles. The second kappa shape index (κ2) is 5.19. The van der Waals surface area contributed by atoms with Gasteiger partial charge in [0.25, 0.3) is 0 Å². The highest BCUT2D eigenvalue weighted by molar-refractivity contribution is 5.90. The van der Waals surface area contributed by atoms with Crippen LogP contribution in [0, 0.1) is 13.5 Å². The minimum atomic E-state index is -1.31. The van der Waals surface area contributed by atoms with Gasteiger partial charge < -0.3 is 29.6 Å². The molecular formula is C13H14N4O5. The minimum Gasteiger partial charge on any atom is -0.394 e. The Morgan fingerprint density at radius 2 is 2.23 bits per heavy atom. The van der Waals surface area contributed by atoms with E-state index in [2.05, 4.69) is 14.8 Å². The largest absolute Gasteiger partial charge is 0.394 e. The van der Waals surface area contributed by atoms with E-state index in [1.807, 2.05) is 0 Å². The highest BCUT2D eigenvalue weighted by Gasteiger charge is 2.44. The van der Waals surface area contributed by atoms with Crippen molar-refractivity contribution in [3.8, 4) is 0 Å². The summed E-state index contributed by atoms with van der Waals surface area (Å²) in [6.07, 6.45) is -3.23. The van der Waals surface area contributed by atoms with Gasteiger partial charge in [-0.05, 0) is 6.92 Å². The number of H-pyrrole nitrogens is 1. The van der Waals surface area contributed by atoms with Crippen LogP contribution in [0.4, 0.5) is 5.69 Å². The van der Waals surface area contributed by atoms with Crippen molar-refractivity contribution in [2.75, 3.05) is 6.61 Å². The lowest BCUT2D eigenvalue weighted by Gasteiger charge is -2.17. The average Bonchev–Trinajstić information content (AvgIpc) is 2.98. The molecule has 3 rings (SSSR count). The van der Waals surface area contributed by atoms with Crippen LogP contribution in [-0.2, 0) is 4.74 Å².